The molecule has 1 heterocycles. The fraction of sp³-hybridized carbons (Fsp3) is 0.381. The third-order valence-electron chi connectivity index (χ3n) is 4.81. The Morgan fingerprint density at radius 2 is 1.76 bits per heavy atom. The lowest BCUT2D eigenvalue weighted by Gasteiger charge is -2.20. The number of hydrogen-bond acceptors (Lipinski definition) is 3. The topological polar surface area (TPSA) is 47.6 Å². The van der Waals surface area contributed by atoms with Crippen molar-refractivity contribution in [3.05, 3.63) is 59.7 Å². The van der Waals surface area contributed by atoms with Crippen LogP contribution in [-0.4, -0.2) is 25.2 Å². The van der Waals surface area contributed by atoms with E-state index in [1.807, 2.05) is 24.3 Å². The van der Waals surface area contributed by atoms with Crippen molar-refractivity contribution in [1.29, 1.82) is 0 Å². The summed E-state index contributed by atoms with van der Waals surface area (Å²) in [4.78, 5) is 12.5. The fourth-order valence-electron chi connectivity index (χ4n) is 3.34. The maximum Gasteiger partial charge on any atom is 0.224 e. The molecular formula is C21H23NO3. The minimum atomic E-state index is 0.0736. The minimum Gasteiger partial charge on any atom is -0.486 e. The molecule has 2 aromatic rings. The number of ether oxygens (including phenoxy) is 2. The second-order valence-corrected chi connectivity index (χ2v) is 6.86. The first-order chi connectivity index (χ1) is 12.3. The zero-order chi connectivity index (χ0) is 17.1. The molecule has 1 aliphatic heterocycles. The monoisotopic (exact) mass is 337 g/mol. The smallest absolute Gasteiger partial charge is 0.224 e. The lowest BCUT2D eigenvalue weighted by atomic mass is 10.0. The molecular weight excluding hydrogens is 314 g/mol. The molecule has 2 aliphatic rings. The molecule has 25 heavy (non-hydrogen) atoms. The number of hydrogen-bond donors (Lipinski definition) is 1. The number of benzene rings is 2. The van der Waals surface area contributed by atoms with Crippen molar-refractivity contribution in [3.63, 3.8) is 0 Å². The standard InChI is InChI=1S/C21H23NO3/c23-21(14-16-6-9-19-20(13-16)25-11-10-24-19)22-18(17-7-8-17)12-15-4-2-1-3-5-15/h1-6,9,13,17-18H,7-8,10-12,14H2,(H,22,23). The van der Waals surface area contributed by atoms with E-state index < -0.39 is 0 Å². The Labute approximate surface area is 148 Å². The maximum atomic E-state index is 12.5. The molecule has 2 aromatic carbocycles. The predicted molar refractivity (Wildman–Crippen MR) is 95.9 cm³/mol. The van der Waals surface area contributed by atoms with E-state index >= 15 is 0 Å². The summed E-state index contributed by atoms with van der Waals surface area (Å²) >= 11 is 0. The van der Waals surface area contributed by atoms with Crippen molar-refractivity contribution in [2.45, 2.75) is 31.7 Å². The molecule has 4 nitrogen and oxygen atoms in total. The van der Waals surface area contributed by atoms with Crippen LogP contribution < -0.4 is 14.8 Å². The Bertz CT molecular complexity index is 740. The molecule has 1 amide bonds. The van der Waals surface area contributed by atoms with Gasteiger partial charge in [0.1, 0.15) is 13.2 Å². The number of carbonyl (C=O) groups is 1. The molecule has 1 N–H and O–H groups in total. The zero-order valence-corrected chi connectivity index (χ0v) is 14.2. The van der Waals surface area contributed by atoms with Crippen molar-refractivity contribution in [1.82, 2.24) is 5.32 Å². The Balaban J connectivity index is 1.38. The second-order valence-electron chi connectivity index (χ2n) is 6.86. The molecule has 1 unspecified atom stereocenters. The Morgan fingerprint density at radius 1 is 1.00 bits per heavy atom. The van der Waals surface area contributed by atoms with Gasteiger partial charge >= 0.3 is 0 Å². The van der Waals surface area contributed by atoms with Gasteiger partial charge in [-0.3, -0.25) is 4.79 Å². The van der Waals surface area contributed by atoms with E-state index in [-0.39, 0.29) is 11.9 Å². The molecule has 1 fully saturated rings. The van der Waals surface area contributed by atoms with Crippen LogP contribution in [0, 0.1) is 5.92 Å². The summed E-state index contributed by atoms with van der Waals surface area (Å²) in [6.07, 6.45) is 3.69. The molecule has 0 aromatic heterocycles. The Kier molecular flexibility index (Phi) is 4.59. The van der Waals surface area contributed by atoms with E-state index in [1.165, 1.54) is 18.4 Å². The van der Waals surface area contributed by atoms with Crippen molar-refractivity contribution in [2.24, 2.45) is 5.92 Å². The molecule has 0 radical (unpaired) electrons. The van der Waals surface area contributed by atoms with E-state index in [0.717, 1.165) is 23.5 Å². The Morgan fingerprint density at radius 3 is 2.52 bits per heavy atom. The lowest BCUT2D eigenvalue weighted by molar-refractivity contribution is -0.121. The van der Waals surface area contributed by atoms with Crippen molar-refractivity contribution < 1.29 is 14.3 Å². The molecule has 0 bridgehead atoms. The van der Waals surface area contributed by atoms with Gasteiger partial charge in [-0.2, -0.15) is 0 Å². The third-order valence-corrected chi connectivity index (χ3v) is 4.81. The zero-order valence-electron chi connectivity index (χ0n) is 14.2. The predicted octanol–water partition coefficient (Wildman–Crippen LogP) is 3.14. The van der Waals surface area contributed by atoms with Gasteiger partial charge < -0.3 is 14.8 Å². The van der Waals surface area contributed by atoms with Gasteiger partial charge in [0.2, 0.25) is 5.91 Å². The molecule has 130 valence electrons. The van der Waals surface area contributed by atoms with Gasteiger partial charge in [0.15, 0.2) is 11.5 Å². The van der Waals surface area contributed by atoms with Gasteiger partial charge in [-0.15, -0.1) is 0 Å². The first-order valence-electron chi connectivity index (χ1n) is 9.00. The molecule has 4 heteroatoms. The number of nitrogens with one attached hydrogen (secondary N) is 1. The minimum absolute atomic E-state index is 0.0736. The quantitative estimate of drug-likeness (QED) is 0.881. The normalized spacial score (nSPS) is 17.0. The van der Waals surface area contributed by atoms with Crippen LogP contribution in [0.15, 0.2) is 48.5 Å². The Hall–Kier alpha value is -2.49. The molecule has 1 aliphatic carbocycles. The highest BCUT2D eigenvalue weighted by Gasteiger charge is 2.32. The number of amides is 1. The van der Waals surface area contributed by atoms with Crippen LogP contribution in [0.3, 0.4) is 0 Å². The molecule has 1 saturated carbocycles. The van der Waals surface area contributed by atoms with Gasteiger partial charge in [-0.05, 0) is 48.4 Å². The first kappa shape index (κ1) is 16.0. The maximum absolute atomic E-state index is 12.5. The van der Waals surface area contributed by atoms with Crippen molar-refractivity contribution in [2.75, 3.05) is 13.2 Å². The summed E-state index contributed by atoms with van der Waals surface area (Å²) in [5, 5.41) is 3.24. The number of fused-ring (bicyclic) bond motifs is 1. The van der Waals surface area contributed by atoms with Crippen LogP contribution >= 0.6 is 0 Å². The van der Waals surface area contributed by atoms with Gasteiger partial charge in [-0.25, -0.2) is 0 Å². The molecule has 1 atom stereocenters. The average Bonchev–Trinajstić information content (AvgIpc) is 3.47. The van der Waals surface area contributed by atoms with Crippen molar-refractivity contribution >= 4 is 5.91 Å². The summed E-state index contributed by atoms with van der Waals surface area (Å²) in [5.41, 5.74) is 2.23. The number of rotatable bonds is 6. The van der Waals surface area contributed by atoms with Crippen LogP contribution in [0.1, 0.15) is 24.0 Å². The van der Waals surface area contributed by atoms with Gasteiger partial charge in [-0.1, -0.05) is 36.4 Å². The second kappa shape index (κ2) is 7.18. The highest BCUT2D eigenvalue weighted by Crippen LogP contribution is 2.34. The SMILES string of the molecule is O=C(Cc1ccc2c(c1)OCCO2)NC(Cc1ccccc1)C1CC1. The van der Waals surface area contributed by atoms with Gasteiger partial charge in [0.25, 0.3) is 0 Å². The van der Waals surface area contributed by atoms with E-state index in [0.29, 0.717) is 25.6 Å². The van der Waals surface area contributed by atoms with E-state index in [9.17, 15) is 4.79 Å². The molecule has 0 saturated heterocycles. The van der Waals surface area contributed by atoms with Crippen LogP contribution in [0.5, 0.6) is 11.5 Å². The average molecular weight is 337 g/mol. The highest BCUT2D eigenvalue weighted by atomic mass is 16.6. The van der Waals surface area contributed by atoms with E-state index in [4.69, 9.17) is 9.47 Å². The lowest BCUT2D eigenvalue weighted by Crippen LogP contribution is -2.39. The highest BCUT2D eigenvalue weighted by molar-refractivity contribution is 5.79. The first-order valence-corrected chi connectivity index (χ1v) is 9.00. The summed E-state index contributed by atoms with van der Waals surface area (Å²) in [6.45, 7) is 1.14. The van der Waals surface area contributed by atoms with Gasteiger partial charge in [0, 0.05) is 6.04 Å². The third kappa shape index (κ3) is 4.13. The largest absolute Gasteiger partial charge is 0.486 e. The molecule has 4 rings (SSSR count). The number of carbonyl (C=O) groups excluding carboxylic acids is 1. The summed E-state index contributed by atoms with van der Waals surface area (Å²) in [6, 6.07) is 16.4. The fourth-order valence-corrected chi connectivity index (χ4v) is 3.34. The van der Waals surface area contributed by atoms with Crippen LogP contribution in [0.25, 0.3) is 0 Å². The van der Waals surface area contributed by atoms with Crippen LogP contribution in [-0.2, 0) is 17.6 Å². The summed E-state index contributed by atoms with van der Waals surface area (Å²) in [5.74, 6) is 2.18. The molecule has 0 spiro atoms. The summed E-state index contributed by atoms with van der Waals surface area (Å²) in [7, 11) is 0. The van der Waals surface area contributed by atoms with Crippen molar-refractivity contribution in [3.8, 4) is 11.5 Å². The van der Waals surface area contributed by atoms with Crippen LogP contribution in [0.2, 0.25) is 0 Å². The summed E-state index contributed by atoms with van der Waals surface area (Å²) < 4.78 is 11.1. The van der Waals surface area contributed by atoms with E-state index in [2.05, 4.69) is 29.6 Å². The van der Waals surface area contributed by atoms with E-state index in [1.54, 1.807) is 0 Å². The van der Waals surface area contributed by atoms with Crippen LogP contribution in [0.4, 0.5) is 0 Å². The van der Waals surface area contributed by atoms with Gasteiger partial charge in [0.05, 0.1) is 6.42 Å².